The topological polar surface area (TPSA) is 24.8 Å². The fraction of sp³-hybridized carbons (Fsp3) is 0.720. The third-order valence-corrected chi connectivity index (χ3v) is 13.2. The van der Waals surface area contributed by atoms with E-state index in [1.165, 1.54) is 24.1 Å². The maximum Gasteiger partial charge on any atom is 0.0704 e. The molecule has 2 rings (SSSR count). The number of ether oxygens (including phenoxy) is 1. The van der Waals surface area contributed by atoms with E-state index >= 15 is 0 Å². The summed E-state index contributed by atoms with van der Waals surface area (Å²) in [5.74, 6) is 0.611. The summed E-state index contributed by atoms with van der Waals surface area (Å²) in [4.78, 5) is 0. The molecular weight excluding hydrogens is 372 g/mol. The molecule has 0 aromatic heterocycles. The second kappa shape index (κ2) is 10.3. The quantitative estimate of drug-likeness (QED) is 0.334. The second-order valence-electron chi connectivity index (χ2n) is 10.8. The first-order chi connectivity index (χ1) is 13.6. The summed E-state index contributed by atoms with van der Waals surface area (Å²) in [6, 6.07) is 11.5. The van der Waals surface area contributed by atoms with Crippen LogP contribution in [-0.2, 0) is 11.2 Å². The number of methoxy groups -OCH3 is 1. The Morgan fingerprint density at radius 2 is 1.86 bits per heavy atom. The van der Waals surface area contributed by atoms with Crippen molar-refractivity contribution in [2.45, 2.75) is 90.0 Å². The van der Waals surface area contributed by atoms with E-state index in [-0.39, 0.29) is 0 Å². The van der Waals surface area contributed by atoms with Gasteiger partial charge in [-0.15, -0.1) is 0 Å². The van der Waals surface area contributed by atoms with Gasteiger partial charge in [-0.3, -0.25) is 5.01 Å². The summed E-state index contributed by atoms with van der Waals surface area (Å²) in [7, 11) is 0.160. The van der Waals surface area contributed by atoms with E-state index in [4.69, 9.17) is 9.84 Å². The largest absolute Gasteiger partial charge is 0.382 e. The van der Waals surface area contributed by atoms with Crippen LogP contribution >= 0.6 is 0 Å². The molecule has 1 aliphatic heterocycles. The van der Waals surface area contributed by atoms with Gasteiger partial charge in [0.2, 0.25) is 0 Å². The summed E-state index contributed by atoms with van der Waals surface area (Å²) >= 11 is 0. The van der Waals surface area contributed by atoms with Crippen molar-refractivity contribution in [1.82, 2.24) is 5.01 Å². The lowest BCUT2D eigenvalue weighted by molar-refractivity contribution is 0.117. The summed E-state index contributed by atoms with van der Waals surface area (Å²) in [5, 5.41) is 8.07. The van der Waals surface area contributed by atoms with E-state index < -0.39 is 8.07 Å². The molecule has 29 heavy (non-hydrogen) atoms. The Balaban J connectivity index is 2.47. The number of rotatable bonds is 9. The summed E-state index contributed by atoms with van der Waals surface area (Å²) < 4.78 is 5.49. The Morgan fingerprint density at radius 1 is 1.21 bits per heavy atom. The van der Waals surface area contributed by atoms with E-state index in [2.05, 4.69) is 83.1 Å². The highest BCUT2D eigenvalue weighted by Gasteiger charge is 2.44. The predicted molar refractivity (Wildman–Crippen MR) is 130 cm³/mol. The third-order valence-electron chi connectivity index (χ3n) is 7.07. The van der Waals surface area contributed by atoms with E-state index in [0.717, 1.165) is 26.0 Å². The fourth-order valence-corrected chi connectivity index (χ4v) is 7.11. The van der Waals surface area contributed by atoms with Crippen LogP contribution in [0, 0.1) is 5.92 Å². The zero-order chi connectivity index (χ0) is 21.7. The molecule has 0 aliphatic carbocycles. The standard InChI is InChI=1S/C25H44N2OSi/c1-20(2)17-23(26-27-16-12-15-22(27)19-28-6)24(29(7,8)25(3,4)5)18-21-13-10-9-11-14-21/h9-11,13-14,20,22,24H,12,15-19H2,1-8H3/t22-,24-/m0/s1. The van der Waals surface area contributed by atoms with Crippen LogP contribution in [0.25, 0.3) is 0 Å². The highest BCUT2D eigenvalue weighted by Crippen LogP contribution is 2.46. The molecule has 0 saturated carbocycles. The molecule has 3 nitrogen and oxygen atoms in total. The van der Waals surface area contributed by atoms with Crippen molar-refractivity contribution in [2.24, 2.45) is 11.0 Å². The number of benzene rings is 1. The molecule has 1 heterocycles. The minimum Gasteiger partial charge on any atom is -0.382 e. The van der Waals surface area contributed by atoms with Gasteiger partial charge >= 0.3 is 0 Å². The first-order valence-electron chi connectivity index (χ1n) is 11.4. The molecular formula is C25H44N2OSi. The molecule has 1 aliphatic rings. The van der Waals surface area contributed by atoms with Crippen molar-refractivity contribution in [2.75, 3.05) is 20.3 Å². The highest BCUT2D eigenvalue weighted by molar-refractivity contribution is 6.84. The van der Waals surface area contributed by atoms with Crippen LogP contribution in [0.5, 0.6) is 0 Å². The summed E-state index contributed by atoms with van der Waals surface area (Å²) in [6.45, 7) is 19.0. The normalized spacial score (nSPS) is 19.8. The monoisotopic (exact) mass is 416 g/mol. The first-order valence-corrected chi connectivity index (χ1v) is 14.5. The van der Waals surface area contributed by atoms with Crippen LogP contribution < -0.4 is 0 Å². The van der Waals surface area contributed by atoms with E-state index in [0.29, 0.717) is 22.5 Å². The zero-order valence-corrected chi connectivity index (χ0v) is 21.2. The van der Waals surface area contributed by atoms with Gasteiger partial charge in [0.1, 0.15) is 0 Å². The van der Waals surface area contributed by atoms with Gasteiger partial charge in [-0.05, 0) is 47.7 Å². The van der Waals surface area contributed by atoms with E-state index in [9.17, 15) is 0 Å². The van der Waals surface area contributed by atoms with Crippen LogP contribution in [-0.4, -0.2) is 45.1 Å². The van der Waals surface area contributed by atoms with Crippen molar-refractivity contribution >= 4 is 13.8 Å². The lowest BCUT2D eigenvalue weighted by Crippen LogP contribution is -2.47. The number of hydrazone groups is 1. The van der Waals surface area contributed by atoms with Gasteiger partial charge < -0.3 is 4.74 Å². The van der Waals surface area contributed by atoms with Crippen LogP contribution in [0.1, 0.15) is 59.4 Å². The van der Waals surface area contributed by atoms with Gasteiger partial charge in [0, 0.05) is 19.4 Å². The highest BCUT2D eigenvalue weighted by atomic mass is 28.3. The van der Waals surface area contributed by atoms with Crippen molar-refractivity contribution < 1.29 is 4.74 Å². The molecule has 164 valence electrons. The Morgan fingerprint density at radius 3 is 2.41 bits per heavy atom. The summed E-state index contributed by atoms with van der Waals surface area (Å²) in [5.41, 5.74) is 3.41. The average molecular weight is 417 g/mol. The Labute approximate surface area is 180 Å². The Kier molecular flexibility index (Phi) is 8.54. The van der Waals surface area contributed by atoms with Gasteiger partial charge in [0.05, 0.1) is 20.7 Å². The van der Waals surface area contributed by atoms with Gasteiger partial charge in [0.15, 0.2) is 0 Å². The maximum absolute atomic E-state index is 5.49. The fourth-order valence-electron chi connectivity index (χ4n) is 4.31. The maximum atomic E-state index is 5.49. The number of hydrogen-bond acceptors (Lipinski definition) is 3. The Hall–Kier alpha value is -1.13. The minimum absolute atomic E-state index is 0.321. The molecule has 1 saturated heterocycles. The summed E-state index contributed by atoms with van der Waals surface area (Å²) in [6.07, 6.45) is 4.59. The van der Waals surface area contributed by atoms with Crippen LogP contribution in [0.2, 0.25) is 23.7 Å². The smallest absolute Gasteiger partial charge is 0.0704 e. The van der Waals surface area contributed by atoms with Crippen LogP contribution in [0.15, 0.2) is 35.4 Å². The van der Waals surface area contributed by atoms with Gasteiger partial charge in [-0.1, -0.05) is 78.0 Å². The van der Waals surface area contributed by atoms with Gasteiger partial charge in [-0.2, -0.15) is 5.10 Å². The molecule has 0 unspecified atom stereocenters. The van der Waals surface area contributed by atoms with Crippen molar-refractivity contribution in [1.29, 1.82) is 0 Å². The Bertz CT molecular complexity index is 649. The zero-order valence-electron chi connectivity index (χ0n) is 20.2. The minimum atomic E-state index is -1.65. The van der Waals surface area contributed by atoms with Crippen molar-refractivity contribution in [3.8, 4) is 0 Å². The van der Waals surface area contributed by atoms with Crippen molar-refractivity contribution in [3.63, 3.8) is 0 Å². The molecule has 4 heteroatoms. The van der Waals surface area contributed by atoms with Gasteiger partial charge in [0.25, 0.3) is 0 Å². The molecule has 1 fully saturated rings. The SMILES string of the molecule is COC[C@@H]1CCCN1N=C(CC(C)C)[C@H](Cc1ccccc1)[Si](C)(C)C(C)(C)C. The van der Waals surface area contributed by atoms with Crippen LogP contribution in [0.3, 0.4) is 0 Å². The molecule has 0 radical (unpaired) electrons. The molecule has 1 aromatic rings. The lowest BCUT2D eigenvalue weighted by atomic mass is 9.99. The van der Waals surface area contributed by atoms with E-state index in [1.54, 1.807) is 0 Å². The van der Waals surface area contributed by atoms with Gasteiger partial charge in [-0.25, -0.2) is 0 Å². The second-order valence-corrected chi connectivity index (χ2v) is 16.5. The predicted octanol–water partition coefficient (Wildman–Crippen LogP) is 6.62. The first kappa shape index (κ1) is 24.1. The molecule has 0 N–H and O–H groups in total. The number of nitrogens with zero attached hydrogens (tertiary/aromatic N) is 2. The van der Waals surface area contributed by atoms with Crippen LogP contribution in [0.4, 0.5) is 0 Å². The molecule has 0 bridgehead atoms. The van der Waals surface area contributed by atoms with Crippen molar-refractivity contribution in [3.05, 3.63) is 35.9 Å². The molecule has 1 aromatic carbocycles. The van der Waals surface area contributed by atoms with E-state index in [1.807, 2.05) is 7.11 Å². The molecule has 2 atom stereocenters. The number of hydrogen-bond donors (Lipinski definition) is 0. The molecule has 0 spiro atoms. The average Bonchev–Trinajstić information content (AvgIpc) is 3.06. The molecule has 0 amide bonds. The lowest BCUT2D eigenvalue weighted by Gasteiger charge is -2.44. The third kappa shape index (κ3) is 6.42.